The Balaban J connectivity index is 0.000000388. The summed E-state index contributed by atoms with van der Waals surface area (Å²) < 4.78 is 5.84. The number of halogens is 1. The van der Waals surface area contributed by atoms with Crippen molar-refractivity contribution in [3.8, 4) is 0 Å². The number of aliphatic hydroxyl groups is 2. The monoisotopic (exact) mass is 522 g/mol. The normalized spacial score (nSPS) is 14.9. The van der Waals surface area contributed by atoms with Gasteiger partial charge in [0.25, 0.3) is 0 Å². The Kier molecular flexibility index (Phi) is 11.1. The minimum absolute atomic E-state index is 0.114. The van der Waals surface area contributed by atoms with Crippen molar-refractivity contribution in [3.63, 3.8) is 0 Å². The van der Waals surface area contributed by atoms with Crippen LogP contribution in [0.4, 0.5) is 5.69 Å². The largest absolute Gasteiger partial charge is 0.479 e. The molecule has 1 aliphatic rings. The zero-order chi connectivity index (χ0) is 26.9. The van der Waals surface area contributed by atoms with Crippen LogP contribution in [0.3, 0.4) is 0 Å². The van der Waals surface area contributed by atoms with Crippen LogP contribution in [0, 0.1) is 0 Å². The average molecular weight is 523 g/mol. The van der Waals surface area contributed by atoms with Crippen LogP contribution in [0.5, 0.6) is 0 Å². The van der Waals surface area contributed by atoms with E-state index in [-0.39, 0.29) is 5.60 Å². The molecule has 0 spiro atoms. The summed E-state index contributed by atoms with van der Waals surface area (Å²) in [5, 5.41) is 40.4. The highest BCUT2D eigenvalue weighted by atomic mass is 35.5. The van der Waals surface area contributed by atoms with Crippen LogP contribution < -0.4 is 10.6 Å². The van der Waals surface area contributed by atoms with Gasteiger partial charge in [-0.1, -0.05) is 41.9 Å². The molecule has 0 saturated carbocycles. The zero-order valence-electron chi connectivity index (χ0n) is 20.8. The van der Waals surface area contributed by atoms with Crippen molar-refractivity contribution < 1.29 is 34.8 Å². The number of hydrogen-bond acceptors (Lipinski definition) is 7. The van der Waals surface area contributed by atoms with Crippen molar-refractivity contribution in [2.75, 3.05) is 18.4 Å². The summed E-state index contributed by atoms with van der Waals surface area (Å²) in [7, 11) is 0. The Morgan fingerprint density at radius 2 is 1.53 bits per heavy atom. The number of ether oxygens (including phenoxy) is 1. The van der Waals surface area contributed by atoms with Crippen LogP contribution in [-0.4, -0.2) is 63.3 Å². The SMILES string of the molecule is CC(C)(C)OCc1ccc(CNc2c(Cl)ccc3c2CCNCC3)cc1.O=C(O)[C@H](O)[C@@H](O)C(=O)O. The minimum Gasteiger partial charge on any atom is -0.479 e. The third-order valence-electron chi connectivity index (χ3n) is 5.45. The van der Waals surface area contributed by atoms with E-state index in [9.17, 15) is 9.59 Å². The fourth-order valence-corrected chi connectivity index (χ4v) is 3.69. The molecule has 6 N–H and O–H groups in total. The number of aliphatic carboxylic acids is 2. The maximum absolute atomic E-state index is 9.77. The second-order valence-corrected chi connectivity index (χ2v) is 9.85. The molecule has 2 aromatic carbocycles. The van der Waals surface area contributed by atoms with E-state index < -0.39 is 24.1 Å². The first-order chi connectivity index (χ1) is 16.9. The van der Waals surface area contributed by atoms with Crippen molar-refractivity contribution in [2.45, 2.75) is 64.6 Å². The molecule has 198 valence electrons. The number of rotatable bonds is 8. The lowest BCUT2D eigenvalue weighted by atomic mass is 10.0. The van der Waals surface area contributed by atoms with Crippen LogP contribution in [0.25, 0.3) is 0 Å². The molecular formula is C26H35ClN2O7. The lowest BCUT2D eigenvalue weighted by Gasteiger charge is -2.19. The Morgan fingerprint density at radius 3 is 2.08 bits per heavy atom. The summed E-state index contributed by atoms with van der Waals surface area (Å²) in [6, 6.07) is 12.8. The number of fused-ring (bicyclic) bond motifs is 1. The molecule has 10 heteroatoms. The third kappa shape index (κ3) is 9.40. The summed E-state index contributed by atoms with van der Waals surface area (Å²) in [6.07, 6.45) is -2.46. The summed E-state index contributed by atoms with van der Waals surface area (Å²) in [4.78, 5) is 19.5. The smallest absolute Gasteiger partial charge is 0.335 e. The number of carboxylic acids is 2. The number of benzene rings is 2. The zero-order valence-corrected chi connectivity index (χ0v) is 21.5. The van der Waals surface area contributed by atoms with Gasteiger partial charge in [-0.2, -0.15) is 0 Å². The van der Waals surface area contributed by atoms with E-state index in [0.717, 1.165) is 43.2 Å². The van der Waals surface area contributed by atoms with Crippen LogP contribution in [0.1, 0.15) is 43.0 Å². The molecule has 0 bridgehead atoms. The molecule has 0 radical (unpaired) electrons. The van der Waals surface area contributed by atoms with Gasteiger partial charge in [-0.25, -0.2) is 9.59 Å². The molecule has 9 nitrogen and oxygen atoms in total. The maximum Gasteiger partial charge on any atom is 0.335 e. The molecule has 1 heterocycles. The first-order valence-electron chi connectivity index (χ1n) is 11.7. The fraction of sp³-hybridized carbons (Fsp3) is 0.462. The van der Waals surface area contributed by atoms with E-state index in [1.165, 1.54) is 22.3 Å². The number of anilines is 1. The van der Waals surface area contributed by atoms with Crippen molar-refractivity contribution in [1.82, 2.24) is 5.32 Å². The number of hydrogen-bond donors (Lipinski definition) is 6. The standard InChI is InChI=1S/C22H29ClN2O.C4H6O6/c1-22(2,3)26-15-17-6-4-16(5-7-17)14-25-21-19-11-13-24-12-10-18(19)8-9-20(21)23;5-1(3(7)8)2(6)4(9)10/h4-9,24-25H,10-15H2,1-3H3;1-2,5-6H,(H,7,8)(H,9,10)/t;1-,2-/m.1/s1. The number of carboxylic acid groups (broad SMARTS) is 2. The van der Waals surface area contributed by atoms with Gasteiger partial charge in [0, 0.05) is 6.54 Å². The van der Waals surface area contributed by atoms with E-state index in [1.54, 1.807) is 0 Å². The summed E-state index contributed by atoms with van der Waals surface area (Å²) in [6.45, 7) is 9.68. The van der Waals surface area contributed by atoms with Crippen LogP contribution >= 0.6 is 11.6 Å². The first kappa shape index (κ1) is 29.5. The van der Waals surface area contributed by atoms with E-state index in [1.807, 2.05) is 6.07 Å². The molecule has 2 atom stereocenters. The van der Waals surface area contributed by atoms with Gasteiger partial charge in [0.2, 0.25) is 0 Å². The quantitative estimate of drug-likeness (QED) is 0.308. The van der Waals surface area contributed by atoms with E-state index in [2.05, 4.69) is 61.7 Å². The van der Waals surface area contributed by atoms with Gasteiger partial charge in [-0.05, 0) is 75.0 Å². The molecule has 0 aromatic heterocycles. The van der Waals surface area contributed by atoms with Crippen LogP contribution in [-0.2, 0) is 40.3 Å². The van der Waals surface area contributed by atoms with Crippen molar-refractivity contribution in [3.05, 3.63) is 63.7 Å². The minimum atomic E-state index is -2.27. The Morgan fingerprint density at radius 1 is 0.972 bits per heavy atom. The van der Waals surface area contributed by atoms with Crippen LogP contribution in [0.15, 0.2) is 36.4 Å². The van der Waals surface area contributed by atoms with Crippen molar-refractivity contribution >= 4 is 29.2 Å². The number of aliphatic hydroxyl groups excluding tert-OH is 2. The van der Waals surface area contributed by atoms with Gasteiger partial charge in [-0.3, -0.25) is 0 Å². The molecule has 0 amide bonds. The van der Waals surface area contributed by atoms with Crippen LogP contribution in [0.2, 0.25) is 5.02 Å². The average Bonchev–Trinajstić information content (AvgIpc) is 3.07. The molecule has 0 aliphatic carbocycles. The van der Waals surface area contributed by atoms with Gasteiger partial charge in [0.15, 0.2) is 12.2 Å². The summed E-state index contributed by atoms with van der Waals surface area (Å²) >= 11 is 6.49. The second kappa shape index (κ2) is 13.6. The molecule has 3 rings (SSSR count). The summed E-state index contributed by atoms with van der Waals surface area (Å²) in [5.74, 6) is -3.54. The van der Waals surface area contributed by atoms with E-state index >= 15 is 0 Å². The Labute approximate surface area is 216 Å². The Bertz CT molecular complexity index is 1000. The van der Waals surface area contributed by atoms with E-state index in [0.29, 0.717) is 6.61 Å². The highest BCUT2D eigenvalue weighted by molar-refractivity contribution is 6.33. The first-order valence-corrected chi connectivity index (χ1v) is 12.0. The molecule has 0 saturated heterocycles. The predicted molar refractivity (Wildman–Crippen MR) is 137 cm³/mol. The molecular weight excluding hydrogens is 488 g/mol. The maximum atomic E-state index is 9.77. The molecule has 2 aromatic rings. The lowest BCUT2D eigenvalue weighted by Crippen LogP contribution is -2.39. The van der Waals surface area contributed by atoms with Gasteiger partial charge < -0.3 is 35.8 Å². The van der Waals surface area contributed by atoms with Crippen molar-refractivity contribution in [2.24, 2.45) is 0 Å². The van der Waals surface area contributed by atoms with Gasteiger partial charge >= 0.3 is 11.9 Å². The molecule has 0 unspecified atom stereocenters. The second-order valence-electron chi connectivity index (χ2n) is 9.45. The fourth-order valence-electron chi connectivity index (χ4n) is 3.45. The van der Waals surface area contributed by atoms with E-state index in [4.69, 9.17) is 36.8 Å². The molecule has 36 heavy (non-hydrogen) atoms. The lowest BCUT2D eigenvalue weighted by molar-refractivity contribution is -0.165. The Hall–Kier alpha value is -2.69. The van der Waals surface area contributed by atoms with Crippen molar-refractivity contribution in [1.29, 1.82) is 0 Å². The topological polar surface area (TPSA) is 148 Å². The summed E-state index contributed by atoms with van der Waals surface area (Å²) in [5.41, 5.74) is 6.17. The highest BCUT2D eigenvalue weighted by Crippen LogP contribution is 2.31. The number of carbonyl (C=O) groups is 2. The number of nitrogens with one attached hydrogen (secondary N) is 2. The molecule has 1 aliphatic heterocycles. The van der Waals surface area contributed by atoms with Gasteiger partial charge in [0.1, 0.15) is 0 Å². The van der Waals surface area contributed by atoms with Gasteiger partial charge in [0.05, 0.1) is 22.9 Å². The third-order valence-corrected chi connectivity index (χ3v) is 5.77. The molecule has 0 fully saturated rings. The highest BCUT2D eigenvalue weighted by Gasteiger charge is 2.29. The predicted octanol–water partition coefficient (Wildman–Crippen LogP) is 2.83. The van der Waals surface area contributed by atoms with Gasteiger partial charge in [-0.15, -0.1) is 0 Å².